The maximum Gasteiger partial charge on any atom is 0.416 e. The number of carbonyl (C=O) groups excluding carboxylic acids is 1. The first-order chi connectivity index (χ1) is 11.4. The molecule has 0 saturated carbocycles. The molecule has 124 valence electrons. The summed E-state index contributed by atoms with van der Waals surface area (Å²) >= 11 is 1.24. The molecule has 0 unspecified atom stereocenters. The van der Waals surface area contributed by atoms with E-state index in [0.717, 1.165) is 12.1 Å². The highest BCUT2D eigenvalue weighted by atomic mass is 32.1. The van der Waals surface area contributed by atoms with Gasteiger partial charge in [-0.1, -0.05) is 18.2 Å². The van der Waals surface area contributed by atoms with E-state index in [2.05, 4.69) is 16.9 Å². The fourth-order valence-corrected chi connectivity index (χ4v) is 3.05. The average Bonchev–Trinajstić information content (AvgIpc) is 3.12. The maximum absolute atomic E-state index is 12.8. The number of rotatable bonds is 4. The van der Waals surface area contributed by atoms with E-state index in [1.165, 1.54) is 17.4 Å². The van der Waals surface area contributed by atoms with Gasteiger partial charge in [0, 0.05) is 23.7 Å². The van der Waals surface area contributed by atoms with Crippen molar-refractivity contribution in [2.45, 2.75) is 6.18 Å². The molecule has 0 aliphatic heterocycles. The van der Waals surface area contributed by atoms with Crippen LogP contribution < -0.4 is 5.32 Å². The minimum atomic E-state index is -4.41. The van der Waals surface area contributed by atoms with Crippen LogP contribution in [-0.4, -0.2) is 21.8 Å². The fraction of sp³-hybridized carbons (Fsp3) is 0.125. The zero-order chi connectivity index (χ0) is 17.3. The average molecular weight is 351 g/mol. The lowest BCUT2D eigenvalue weighted by Gasteiger charge is -2.07. The van der Waals surface area contributed by atoms with Crippen LogP contribution in [-0.2, 0) is 6.18 Å². The summed E-state index contributed by atoms with van der Waals surface area (Å²) in [5.74, 6) is -0.297. The number of nitrogens with zero attached hydrogens (tertiary/aromatic N) is 2. The largest absolute Gasteiger partial charge is 0.416 e. The van der Waals surface area contributed by atoms with E-state index in [-0.39, 0.29) is 5.91 Å². The third-order valence-corrected chi connectivity index (χ3v) is 4.17. The molecule has 0 saturated heterocycles. The Bertz CT molecular complexity index is 911. The number of nitrogens with one attached hydrogen (secondary N) is 1. The highest BCUT2D eigenvalue weighted by Gasteiger charge is 2.30. The van der Waals surface area contributed by atoms with E-state index in [4.69, 9.17) is 0 Å². The van der Waals surface area contributed by atoms with E-state index >= 15 is 0 Å². The number of carbonyl (C=O) groups is 1. The highest BCUT2D eigenvalue weighted by Crippen LogP contribution is 2.32. The summed E-state index contributed by atoms with van der Waals surface area (Å²) < 4.78 is 40.1. The Balaban J connectivity index is 1.99. The molecular formula is C16H12F3N3OS. The van der Waals surface area contributed by atoms with Crippen LogP contribution in [0.4, 0.5) is 13.2 Å². The number of halogens is 3. The van der Waals surface area contributed by atoms with Crippen molar-refractivity contribution >= 4 is 22.2 Å². The second kappa shape index (κ2) is 6.12. The first-order valence-corrected chi connectivity index (χ1v) is 7.81. The topological polar surface area (TPSA) is 46.4 Å². The summed E-state index contributed by atoms with van der Waals surface area (Å²) in [5, 5.41) is 4.31. The lowest BCUT2D eigenvalue weighted by atomic mass is 10.1. The van der Waals surface area contributed by atoms with Crippen molar-refractivity contribution in [2.75, 3.05) is 6.54 Å². The van der Waals surface area contributed by atoms with Gasteiger partial charge in [0.25, 0.3) is 5.91 Å². The van der Waals surface area contributed by atoms with Crippen LogP contribution in [0.15, 0.2) is 48.5 Å². The smallest absolute Gasteiger partial charge is 0.347 e. The molecule has 0 spiro atoms. The summed E-state index contributed by atoms with van der Waals surface area (Å²) in [5.41, 5.74) is 0.367. The summed E-state index contributed by atoms with van der Waals surface area (Å²) in [6.45, 7) is 3.85. The molecule has 0 aliphatic carbocycles. The van der Waals surface area contributed by atoms with Gasteiger partial charge in [-0.25, -0.2) is 4.98 Å². The Kier molecular flexibility index (Phi) is 4.15. The molecule has 3 rings (SSSR count). The van der Waals surface area contributed by atoms with Crippen molar-refractivity contribution in [1.29, 1.82) is 0 Å². The first-order valence-electron chi connectivity index (χ1n) is 6.93. The number of aromatic nitrogens is 2. The van der Waals surface area contributed by atoms with Crippen molar-refractivity contribution in [3.63, 3.8) is 0 Å². The van der Waals surface area contributed by atoms with Crippen LogP contribution in [0.1, 0.15) is 16.1 Å². The van der Waals surface area contributed by atoms with E-state index in [9.17, 15) is 18.0 Å². The van der Waals surface area contributed by atoms with E-state index < -0.39 is 11.7 Å². The summed E-state index contributed by atoms with van der Waals surface area (Å²) in [6, 6.07) is 4.95. The van der Waals surface area contributed by atoms with Crippen molar-refractivity contribution in [2.24, 2.45) is 0 Å². The molecule has 1 aromatic carbocycles. The SMILES string of the molecule is C=CCNC(=O)c1csc2nc(-c3cccc(C(F)(F)F)c3)cn12. The monoisotopic (exact) mass is 351 g/mol. The third-order valence-electron chi connectivity index (χ3n) is 3.33. The van der Waals surface area contributed by atoms with E-state index in [1.54, 1.807) is 28.1 Å². The van der Waals surface area contributed by atoms with Crippen LogP contribution in [0, 0.1) is 0 Å². The van der Waals surface area contributed by atoms with Crippen molar-refractivity contribution in [3.8, 4) is 11.3 Å². The molecule has 2 aromatic heterocycles. The molecule has 24 heavy (non-hydrogen) atoms. The van der Waals surface area contributed by atoms with Crippen LogP contribution in [0.25, 0.3) is 16.2 Å². The van der Waals surface area contributed by atoms with Crippen LogP contribution >= 0.6 is 11.3 Å². The quantitative estimate of drug-likeness (QED) is 0.722. The van der Waals surface area contributed by atoms with Crippen LogP contribution in [0.2, 0.25) is 0 Å². The number of amides is 1. The predicted molar refractivity (Wildman–Crippen MR) is 86.0 cm³/mol. The number of fused-ring (bicyclic) bond motifs is 1. The fourth-order valence-electron chi connectivity index (χ4n) is 2.20. The molecule has 3 aromatic rings. The Morgan fingerprint density at radius 2 is 2.21 bits per heavy atom. The minimum absolute atomic E-state index is 0.297. The molecule has 0 atom stereocenters. The molecular weight excluding hydrogens is 339 g/mol. The van der Waals surface area contributed by atoms with Gasteiger partial charge in [0.05, 0.1) is 11.3 Å². The van der Waals surface area contributed by atoms with Crippen LogP contribution in [0.5, 0.6) is 0 Å². The summed E-state index contributed by atoms with van der Waals surface area (Å²) in [6.07, 6.45) is -1.30. The van der Waals surface area contributed by atoms with Gasteiger partial charge in [0.2, 0.25) is 0 Å². The van der Waals surface area contributed by atoms with Gasteiger partial charge < -0.3 is 5.32 Å². The Labute approximate surface area is 139 Å². The maximum atomic E-state index is 12.8. The molecule has 0 bridgehead atoms. The molecule has 0 radical (unpaired) electrons. The van der Waals surface area contributed by atoms with Crippen molar-refractivity contribution < 1.29 is 18.0 Å². The summed E-state index contributed by atoms with van der Waals surface area (Å²) in [4.78, 5) is 16.9. The Morgan fingerprint density at radius 1 is 1.42 bits per heavy atom. The highest BCUT2D eigenvalue weighted by molar-refractivity contribution is 7.15. The van der Waals surface area contributed by atoms with Gasteiger partial charge in [-0.05, 0) is 12.1 Å². The predicted octanol–water partition coefficient (Wildman–Crippen LogP) is 4.00. The molecule has 1 amide bonds. The van der Waals surface area contributed by atoms with Gasteiger partial charge >= 0.3 is 6.18 Å². The lowest BCUT2D eigenvalue weighted by molar-refractivity contribution is -0.137. The number of alkyl halides is 3. The molecule has 2 heterocycles. The normalized spacial score (nSPS) is 11.6. The zero-order valence-corrected chi connectivity index (χ0v) is 13.1. The number of thiazole rings is 1. The molecule has 0 aliphatic rings. The summed E-state index contributed by atoms with van der Waals surface area (Å²) in [7, 11) is 0. The molecule has 1 N–H and O–H groups in total. The second-order valence-electron chi connectivity index (χ2n) is 4.98. The minimum Gasteiger partial charge on any atom is -0.347 e. The van der Waals surface area contributed by atoms with E-state index in [1.807, 2.05) is 0 Å². The molecule has 0 fully saturated rings. The standard InChI is InChI=1S/C16H12F3N3OS/c1-2-6-20-14(23)13-9-24-15-21-12(8-22(13)15)10-4-3-5-11(7-10)16(17,18)19/h2-5,7-9H,1,6H2,(H,20,23). The Hall–Kier alpha value is -2.61. The first kappa shape index (κ1) is 16.3. The second-order valence-corrected chi connectivity index (χ2v) is 5.81. The van der Waals surface area contributed by atoms with Crippen molar-refractivity contribution in [1.82, 2.24) is 14.7 Å². The number of benzene rings is 1. The third kappa shape index (κ3) is 3.05. The van der Waals surface area contributed by atoms with Gasteiger partial charge in [-0.15, -0.1) is 17.9 Å². The molecule has 4 nitrogen and oxygen atoms in total. The van der Waals surface area contributed by atoms with E-state index in [0.29, 0.717) is 28.5 Å². The zero-order valence-electron chi connectivity index (χ0n) is 12.3. The van der Waals surface area contributed by atoms with Crippen molar-refractivity contribution in [3.05, 3.63) is 59.8 Å². The van der Waals surface area contributed by atoms with Crippen LogP contribution in [0.3, 0.4) is 0 Å². The molecule has 8 heteroatoms. The van der Waals surface area contributed by atoms with Gasteiger partial charge in [0.1, 0.15) is 5.69 Å². The lowest BCUT2D eigenvalue weighted by Crippen LogP contribution is -2.24. The van der Waals surface area contributed by atoms with Gasteiger partial charge in [-0.3, -0.25) is 9.20 Å². The van der Waals surface area contributed by atoms with Gasteiger partial charge in [0.15, 0.2) is 4.96 Å². The number of hydrogen-bond acceptors (Lipinski definition) is 3. The Morgan fingerprint density at radius 3 is 2.92 bits per heavy atom. The number of imidazole rings is 1. The number of hydrogen-bond donors (Lipinski definition) is 1. The van der Waals surface area contributed by atoms with Gasteiger partial charge in [-0.2, -0.15) is 13.2 Å².